The molecule has 2 nitrogen and oxygen atoms in total. The highest BCUT2D eigenvalue weighted by Crippen LogP contribution is 2.17. The number of carbonyl (C=O) groups is 1. The van der Waals surface area contributed by atoms with Crippen LogP contribution in [0.5, 0.6) is 0 Å². The summed E-state index contributed by atoms with van der Waals surface area (Å²) in [5, 5.41) is 2.98. The Morgan fingerprint density at radius 1 is 1.25 bits per heavy atom. The molecule has 96 valence electrons. The first-order valence-electron chi connectivity index (χ1n) is 6.41. The standard InChI is InChI=1S/C13H26ClNO/c1-5-11(6-2)12(14)9-15-13(16)8-7-10(3)4/h10-12H,5-9H2,1-4H3,(H,15,16). The van der Waals surface area contributed by atoms with Gasteiger partial charge in [-0.3, -0.25) is 4.79 Å². The van der Waals surface area contributed by atoms with Gasteiger partial charge in [0, 0.05) is 13.0 Å². The van der Waals surface area contributed by atoms with E-state index in [1.807, 2.05) is 0 Å². The van der Waals surface area contributed by atoms with E-state index in [-0.39, 0.29) is 11.3 Å². The molecule has 3 heteroatoms. The Balaban J connectivity index is 3.73. The van der Waals surface area contributed by atoms with Crippen molar-refractivity contribution in [2.45, 2.75) is 58.8 Å². The lowest BCUT2D eigenvalue weighted by Crippen LogP contribution is -2.33. The lowest BCUT2D eigenvalue weighted by molar-refractivity contribution is -0.121. The van der Waals surface area contributed by atoms with Crippen molar-refractivity contribution >= 4 is 17.5 Å². The summed E-state index contributed by atoms with van der Waals surface area (Å²) in [6.07, 6.45) is 3.72. The predicted molar refractivity (Wildman–Crippen MR) is 70.8 cm³/mol. The first-order chi connectivity index (χ1) is 7.51. The fourth-order valence-electron chi connectivity index (χ4n) is 1.69. The highest BCUT2D eigenvalue weighted by Gasteiger charge is 2.16. The quantitative estimate of drug-likeness (QED) is 0.653. The molecule has 1 atom stereocenters. The van der Waals surface area contributed by atoms with Gasteiger partial charge in [0.2, 0.25) is 5.91 Å². The molecular formula is C13H26ClNO. The first kappa shape index (κ1) is 15.8. The summed E-state index contributed by atoms with van der Waals surface area (Å²) in [7, 11) is 0. The molecule has 0 aromatic rings. The van der Waals surface area contributed by atoms with Crippen LogP contribution in [-0.4, -0.2) is 17.8 Å². The van der Waals surface area contributed by atoms with Crippen molar-refractivity contribution in [2.75, 3.05) is 6.54 Å². The number of amides is 1. The third kappa shape index (κ3) is 7.10. The van der Waals surface area contributed by atoms with E-state index in [2.05, 4.69) is 33.0 Å². The molecular weight excluding hydrogens is 222 g/mol. The summed E-state index contributed by atoms with van der Waals surface area (Å²) < 4.78 is 0. The SMILES string of the molecule is CCC(CC)C(Cl)CNC(=O)CCC(C)C. The van der Waals surface area contributed by atoms with Crippen LogP contribution >= 0.6 is 11.6 Å². The van der Waals surface area contributed by atoms with Gasteiger partial charge in [0.25, 0.3) is 0 Å². The maximum absolute atomic E-state index is 11.5. The topological polar surface area (TPSA) is 29.1 Å². The summed E-state index contributed by atoms with van der Waals surface area (Å²) in [6, 6.07) is 0. The van der Waals surface area contributed by atoms with Crippen LogP contribution in [0.4, 0.5) is 0 Å². The van der Waals surface area contributed by atoms with Crippen LogP contribution < -0.4 is 5.32 Å². The average Bonchev–Trinajstić information content (AvgIpc) is 2.25. The van der Waals surface area contributed by atoms with Gasteiger partial charge in [-0.15, -0.1) is 11.6 Å². The Morgan fingerprint density at radius 2 is 1.81 bits per heavy atom. The van der Waals surface area contributed by atoms with Crippen LogP contribution in [-0.2, 0) is 4.79 Å². The van der Waals surface area contributed by atoms with Crippen molar-refractivity contribution < 1.29 is 4.79 Å². The number of carbonyl (C=O) groups excluding carboxylic acids is 1. The molecule has 0 aliphatic rings. The van der Waals surface area contributed by atoms with E-state index in [0.29, 0.717) is 24.8 Å². The highest BCUT2D eigenvalue weighted by molar-refractivity contribution is 6.21. The summed E-state index contributed by atoms with van der Waals surface area (Å²) in [4.78, 5) is 11.5. The smallest absolute Gasteiger partial charge is 0.220 e. The van der Waals surface area contributed by atoms with E-state index < -0.39 is 0 Å². The Hall–Kier alpha value is -0.240. The Bertz CT molecular complexity index is 190. The maximum Gasteiger partial charge on any atom is 0.220 e. The van der Waals surface area contributed by atoms with Gasteiger partial charge in [0.1, 0.15) is 0 Å². The van der Waals surface area contributed by atoms with Crippen molar-refractivity contribution in [2.24, 2.45) is 11.8 Å². The van der Waals surface area contributed by atoms with Crippen LogP contribution in [0.2, 0.25) is 0 Å². The Morgan fingerprint density at radius 3 is 2.25 bits per heavy atom. The largest absolute Gasteiger partial charge is 0.355 e. The van der Waals surface area contributed by atoms with Gasteiger partial charge < -0.3 is 5.32 Å². The maximum atomic E-state index is 11.5. The zero-order chi connectivity index (χ0) is 12.6. The van der Waals surface area contributed by atoms with Crippen molar-refractivity contribution in [3.63, 3.8) is 0 Å². The average molecular weight is 248 g/mol. The zero-order valence-electron chi connectivity index (χ0n) is 11.1. The van der Waals surface area contributed by atoms with Crippen LogP contribution in [0.25, 0.3) is 0 Å². The lowest BCUT2D eigenvalue weighted by Gasteiger charge is -2.19. The number of hydrogen-bond acceptors (Lipinski definition) is 1. The van der Waals surface area contributed by atoms with Gasteiger partial charge >= 0.3 is 0 Å². The van der Waals surface area contributed by atoms with Crippen LogP contribution in [0.3, 0.4) is 0 Å². The van der Waals surface area contributed by atoms with Crippen molar-refractivity contribution in [1.82, 2.24) is 5.32 Å². The molecule has 0 radical (unpaired) electrons. The molecule has 1 N–H and O–H groups in total. The molecule has 16 heavy (non-hydrogen) atoms. The molecule has 1 unspecified atom stereocenters. The van der Waals surface area contributed by atoms with Crippen molar-refractivity contribution in [3.8, 4) is 0 Å². The molecule has 0 fully saturated rings. The minimum absolute atomic E-state index is 0.0676. The lowest BCUT2D eigenvalue weighted by atomic mass is 9.99. The normalized spacial score (nSPS) is 13.2. The van der Waals surface area contributed by atoms with Gasteiger partial charge in [0.15, 0.2) is 0 Å². The first-order valence-corrected chi connectivity index (χ1v) is 6.85. The monoisotopic (exact) mass is 247 g/mol. The molecule has 0 saturated heterocycles. The molecule has 0 saturated carbocycles. The van der Waals surface area contributed by atoms with E-state index in [1.165, 1.54) is 0 Å². The highest BCUT2D eigenvalue weighted by atomic mass is 35.5. The fraction of sp³-hybridized carbons (Fsp3) is 0.923. The van der Waals surface area contributed by atoms with Gasteiger partial charge in [-0.05, 0) is 18.3 Å². The van der Waals surface area contributed by atoms with Crippen LogP contribution in [0.1, 0.15) is 53.4 Å². The summed E-state index contributed by atoms with van der Waals surface area (Å²) in [5.74, 6) is 1.22. The van der Waals surface area contributed by atoms with E-state index in [1.54, 1.807) is 0 Å². The van der Waals surface area contributed by atoms with Crippen molar-refractivity contribution in [3.05, 3.63) is 0 Å². The Labute approximate surface area is 105 Å². The summed E-state index contributed by atoms with van der Waals surface area (Å²) >= 11 is 6.24. The predicted octanol–water partition coefficient (Wildman–Crippen LogP) is 3.58. The second kappa shape index (κ2) is 8.86. The molecule has 0 aromatic carbocycles. The molecule has 0 heterocycles. The fourth-order valence-corrected chi connectivity index (χ4v) is 2.12. The van der Waals surface area contributed by atoms with Gasteiger partial charge in [-0.2, -0.15) is 0 Å². The number of nitrogens with one attached hydrogen (secondary N) is 1. The molecule has 0 spiro atoms. The molecule has 1 amide bonds. The summed E-state index contributed by atoms with van der Waals surface area (Å²) in [6.45, 7) is 9.14. The second-order valence-corrected chi connectivity index (χ2v) is 5.39. The van der Waals surface area contributed by atoms with Gasteiger partial charge in [-0.1, -0.05) is 40.5 Å². The number of halogens is 1. The zero-order valence-corrected chi connectivity index (χ0v) is 11.8. The molecule has 0 bridgehead atoms. The minimum Gasteiger partial charge on any atom is -0.355 e. The van der Waals surface area contributed by atoms with Crippen molar-refractivity contribution in [1.29, 1.82) is 0 Å². The summed E-state index contributed by atoms with van der Waals surface area (Å²) in [5.41, 5.74) is 0. The van der Waals surface area contributed by atoms with Gasteiger partial charge in [0.05, 0.1) is 5.38 Å². The molecule has 0 aliphatic heterocycles. The number of rotatable bonds is 8. The van der Waals surface area contributed by atoms with Crippen LogP contribution in [0, 0.1) is 11.8 Å². The second-order valence-electron chi connectivity index (χ2n) is 4.83. The number of hydrogen-bond donors (Lipinski definition) is 1. The molecule has 0 aliphatic carbocycles. The van der Waals surface area contributed by atoms with Crippen LogP contribution in [0.15, 0.2) is 0 Å². The van der Waals surface area contributed by atoms with E-state index in [9.17, 15) is 4.79 Å². The third-order valence-corrected chi connectivity index (χ3v) is 3.51. The van der Waals surface area contributed by atoms with E-state index >= 15 is 0 Å². The molecule has 0 rings (SSSR count). The van der Waals surface area contributed by atoms with E-state index in [0.717, 1.165) is 19.3 Å². The minimum atomic E-state index is 0.0676. The van der Waals surface area contributed by atoms with E-state index in [4.69, 9.17) is 11.6 Å². The van der Waals surface area contributed by atoms with Gasteiger partial charge in [-0.25, -0.2) is 0 Å². The Kier molecular flexibility index (Phi) is 8.73. The third-order valence-electron chi connectivity index (χ3n) is 3.00. The number of alkyl halides is 1. The molecule has 0 aromatic heterocycles.